The summed E-state index contributed by atoms with van der Waals surface area (Å²) in [6, 6.07) is 134. The first-order valence-corrected chi connectivity index (χ1v) is 33.8. The zero-order valence-corrected chi connectivity index (χ0v) is 54.4. The highest BCUT2D eigenvalue weighted by molar-refractivity contribution is 6.16. The third-order valence-corrected chi connectivity index (χ3v) is 20.0. The van der Waals surface area contributed by atoms with Gasteiger partial charge < -0.3 is 18.9 Å². The van der Waals surface area contributed by atoms with Crippen molar-refractivity contribution in [3.8, 4) is 67.0 Å². The Balaban J connectivity index is 0.739. The lowest BCUT2D eigenvalue weighted by molar-refractivity contribution is 1.05. The second-order valence-corrected chi connectivity index (χ2v) is 25.6. The lowest BCUT2D eigenvalue weighted by atomic mass is 9.96. The molecule has 0 saturated carbocycles. The molecule has 0 atom stereocenters. The van der Waals surface area contributed by atoms with Crippen LogP contribution < -0.4 is 9.80 Å². The summed E-state index contributed by atoms with van der Waals surface area (Å²) in [6.07, 6.45) is 0. The predicted molar refractivity (Wildman–Crippen MR) is 416 cm³/mol. The standard InChI is InChI=1S/C94H66N4/c1-63-93(69-27-11-5-12-28-69)87-59-71(43-57-89(87)95(63)75-49-53-79(54-50-75)97(77-45-39-67(40-46-77)65-23-7-3-8-24-65)91-61-73-31-15-17-33-81(73)83-35-19-21-37-85(83)91)72-44-58-90-88(60-72)94(70-29-13-6-14-30-70)64(2)96(90)76-51-55-80(56-52-76)98(78-47-41-68(42-48-78)66-25-9-4-10-26-66)92-62-74-32-16-18-34-82(74)84-36-20-22-38-86(84)92/h3-62H,1-2H3. The molecule has 0 saturated heterocycles. The predicted octanol–water partition coefficient (Wildman–Crippen LogP) is 26.1. The molecule has 0 amide bonds. The number of rotatable bonds is 13. The quantitative estimate of drug-likeness (QED) is 0.107. The minimum atomic E-state index is 1.08. The molecule has 0 unspecified atom stereocenters. The monoisotopic (exact) mass is 1250 g/mol. The molecule has 4 heteroatoms. The van der Waals surface area contributed by atoms with Crippen LogP contribution >= 0.6 is 0 Å². The number of anilines is 6. The molecule has 0 aliphatic carbocycles. The van der Waals surface area contributed by atoms with Crippen LogP contribution in [0.15, 0.2) is 364 Å². The molecule has 0 bridgehead atoms. The van der Waals surface area contributed by atoms with Crippen molar-refractivity contribution in [1.29, 1.82) is 0 Å². The summed E-state index contributed by atoms with van der Waals surface area (Å²) >= 11 is 0. The molecule has 16 aromatic carbocycles. The van der Waals surface area contributed by atoms with Gasteiger partial charge in [-0.15, -0.1) is 0 Å². The zero-order chi connectivity index (χ0) is 65.2. The molecule has 0 aliphatic heterocycles. The molecule has 18 aromatic rings. The van der Waals surface area contributed by atoms with Crippen molar-refractivity contribution in [1.82, 2.24) is 9.13 Å². The maximum atomic E-state index is 2.45. The van der Waals surface area contributed by atoms with Gasteiger partial charge in [-0.05, 0) is 200 Å². The van der Waals surface area contributed by atoms with E-state index in [2.05, 4.69) is 397 Å². The number of fused-ring (bicyclic) bond motifs is 8. The maximum Gasteiger partial charge on any atom is 0.0546 e. The zero-order valence-electron chi connectivity index (χ0n) is 54.4. The van der Waals surface area contributed by atoms with Gasteiger partial charge in [-0.25, -0.2) is 0 Å². The van der Waals surface area contributed by atoms with Gasteiger partial charge in [0, 0.05) is 78.2 Å². The van der Waals surface area contributed by atoms with Crippen molar-refractivity contribution in [3.05, 3.63) is 375 Å². The van der Waals surface area contributed by atoms with Crippen LogP contribution in [0.5, 0.6) is 0 Å². The van der Waals surface area contributed by atoms with Crippen LogP contribution in [0.1, 0.15) is 11.4 Å². The lowest BCUT2D eigenvalue weighted by Gasteiger charge is -2.28. The molecule has 98 heavy (non-hydrogen) atoms. The lowest BCUT2D eigenvalue weighted by Crippen LogP contribution is -2.11. The Kier molecular flexibility index (Phi) is 14.3. The van der Waals surface area contributed by atoms with Crippen molar-refractivity contribution < 1.29 is 0 Å². The third-order valence-electron chi connectivity index (χ3n) is 20.0. The van der Waals surface area contributed by atoms with Crippen LogP contribution in [0.2, 0.25) is 0 Å². The fraction of sp³-hybridized carbons (Fsp3) is 0.0213. The van der Waals surface area contributed by atoms with Gasteiger partial charge >= 0.3 is 0 Å². The summed E-state index contributed by atoms with van der Waals surface area (Å²) in [6.45, 7) is 4.56. The summed E-state index contributed by atoms with van der Waals surface area (Å²) < 4.78 is 4.90. The van der Waals surface area contributed by atoms with Crippen molar-refractivity contribution in [2.75, 3.05) is 9.80 Å². The van der Waals surface area contributed by atoms with Crippen LogP contribution in [0.4, 0.5) is 34.1 Å². The van der Waals surface area contributed by atoms with Crippen molar-refractivity contribution in [2.24, 2.45) is 0 Å². The maximum absolute atomic E-state index is 2.45. The molecule has 0 spiro atoms. The molecule has 0 N–H and O–H groups in total. The second kappa shape index (κ2) is 24.2. The van der Waals surface area contributed by atoms with Gasteiger partial charge in [0.2, 0.25) is 0 Å². The molecule has 0 radical (unpaired) electrons. The van der Waals surface area contributed by atoms with Crippen LogP contribution in [0.3, 0.4) is 0 Å². The van der Waals surface area contributed by atoms with E-state index < -0.39 is 0 Å². The van der Waals surface area contributed by atoms with E-state index in [1.807, 2.05) is 0 Å². The number of nitrogens with zero attached hydrogens (tertiary/aromatic N) is 4. The van der Waals surface area contributed by atoms with E-state index >= 15 is 0 Å². The van der Waals surface area contributed by atoms with Gasteiger partial charge in [-0.2, -0.15) is 0 Å². The Morgan fingerprint density at radius 3 is 0.837 bits per heavy atom. The number of aromatic nitrogens is 2. The van der Waals surface area contributed by atoms with Gasteiger partial charge in [0.25, 0.3) is 0 Å². The molecule has 462 valence electrons. The van der Waals surface area contributed by atoms with E-state index in [4.69, 9.17) is 0 Å². The normalized spacial score (nSPS) is 11.6. The Hall–Kier alpha value is -12.8. The average molecular weight is 1250 g/mol. The molecular weight excluding hydrogens is 1190 g/mol. The van der Waals surface area contributed by atoms with Crippen molar-refractivity contribution >= 4 is 99.0 Å². The van der Waals surface area contributed by atoms with Crippen molar-refractivity contribution in [2.45, 2.75) is 13.8 Å². The fourth-order valence-electron chi connectivity index (χ4n) is 15.5. The van der Waals surface area contributed by atoms with Gasteiger partial charge in [-0.1, -0.05) is 255 Å². The smallest absolute Gasteiger partial charge is 0.0546 e. The Morgan fingerprint density at radius 1 is 0.204 bits per heavy atom. The van der Waals surface area contributed by atoms with E-state index in [9.17, 15) is 0 Å². The van der Waals surface area contributed by atoms with Crippen molar-refractivity contribution in [3.63, 3.8) is 0 Å². The van der Waals surface area contributed by atoms with Gasteiger partial charge in [0.1, 0.15) is 0 Å². The fourth-order valence-corrected chi connectivity index (χ4v) is 15.5. The number of benzene rings is 16. The van der Waals surface area contributed by atoms with Gasteiger partial charge in [0.15, 0.2) is 0 Å². The topological polar surface area (TPSA) is 16.3 Å². The average Bonchev–Trinajstić information content (AvgIpc) is 1.02. The number of hydrogen-bond donors (Lipinski definition) is 0. The summed E-state index contributed by atoms with van der Waals surface area (Å²) in [5, 5.41) is 12.2. The highest BCUT2D eigenvalue weighted by atomic mass is 15.2. The minimum absolute atomic E-state index is 1.08. The van der Waals surface area contributed by atoms with E-state index in [1.165, 1.54) is 110 Å². The molecule has 4 nitrogen and oxygen atoms in total. The molecule has 0 aliphatic rings. The first-order chi connectivity index (χ1) is 48.5. The highest BCUT2D eigenvalue weighted by Crippen LogP contribution is 2.48. The molecule has 2 aromatic heterocycles. The third kappa shape index (κ3) is 10.0. The summed E-state index contributed by atoms with van der Waals surface area (Å²) in [4.78, 5) is 4.86. The van der Waals surface area contributed by atoms with Crippen LogP contribution in [-0.4, -0.2) is 9.13 Å². The van der Waals surface area contributed by atoms with E-state index in [-0.39, 0.29) is 0 Å². The SMILES string of the molecule is Cc1c(-c2ccccc2)c2cc(-c3ccc4c(c3)c(-c3ccccc3)c(C)n4-c3ccc(N(c4ccc(-c5ccccc5)cc4)c4cc5ccccc5c5ccccc45)cc3)ccc2n1-c1ccc(N(c2ccc(-c3ccccc3)cc2)c2cc3ccccc3c3ccccc23)cc1. The van der Waals surface area contributed by atoms with Crippen LogP contribution in [0.25, 0.3) is 132 Å². The molecular formula is C94H66N4. The Labute approximate surface area is 570 Å². The summed E-state index contributed by atoms with van der Waals surface area (Å²) in [7, 11) is 0. The van der Waals surface area contributed by atoms with Crippen LogP contribution in [0, 0.1) is 13.8 Å². The first kappa shape index (κ1) is 57.9. The molecule has 0 fully saturated rings. The number of hydrogen-bond acceptors (Lipinski definition) is 2. The highest BCUT2D eigenvalue weighted by Gasteiger charge is 2.25. The van der Waals surface area contributed by atoms with Gasteiger partial charge in [0.05, 0.1) is 22.4 Å². The second-order valence-electron chi connectivity index (χ2n) is 25.6. The Morgan fingerprint density at radius 2 is 0.480 bits per heavy atom. The Bertz CT molecular complexity index is 5640. The minimum Gasteiger partial charge on any atom is -0.313 e. The molecule has 18 rings (SSSR count). The summed E-state index contributed by atoms with van der Waals surface area (Å²) in [5.74, 6) is 0. The first-order valence-electron chi connectivity index (χ1n) is 33.8. The largest absolute Gasteiger partial charge is 0.313 e. The van der Waals surface area contributed by atoms with E-state index in [0.717, 1.165) is 67.7 Å². The van der Waals surface area contributed by atoms with Gasteiger partial charge in [-0.3, -0.25) is 0 Å². The van der Waals surface area contributed by atoms with Crippen LogP contribution in [-0.2, 0) is 0 Å². The van der Waals surface area contributed by atoms with E-state index in [0.29, 0.717) is 0 Å². The summed E-state index contributed by atoms with van der Waals surface area (Å²) in [5.41, 5.74) is 25.3. The van der Waals surface area contributed by atoms with E-state index in [1.54, 1.807) is 0 Å². The molecule has 2 heterocycles.